The van der Waals surface area contributed by atoms with Crippen LogP contribution in [0.1, 0.15) is 37.7 Å². The van der Waals surface area contributed by atoms with E-state index in [-0.39, 0.29) is 17.6 Å². The predicted molar refractivity (Wildman–Crippen MR) is 71.6 cm³/mol. The van der Waals surface area contributed by atoms with Gasteiger partial charge in [-0.15, -0.1) is 13.2 Å². The SMILES string of the molecule is O=C1OC(c2ccc(OC(F)(F)F)cc2)=NC12CCCCC2. The Hall–Kier alpha value is -2.05. The number of halogens is 3. The molecule has 0 bridgehead atoms. The molecule has 0 unspecified atom stereocenters. The zero-order chi connectivity index (χ0) is 15.8. The molecule has 1 aliphatic carbocycles. The third-order valence-corrected chi connectivity index (χ3v) is 3.90. The average molecular weight is 313 g/mol. The molecule has 4 nitrogen and oxygen atoms in total. The van der Waals surface area contributed by atoms with Gasteiger partial charge in [0.1, 0.15) is 5.75 Å². The van der Waals surface area contributed by atoms with Crippen LogP contribution in [-0.2, 0) is 9.53 Å². The summed E-state index contributed by atoms with van der Waals surface area (Å²) in [6, 6.07) is 5.14. The molecule has 0 amide bonds. The molecule has 22 heavy (non-hydrogen) atoms. The highest BCUT2D eigenvalue weighted by atomic mass is 19.4. The molecule has 1 aromatic rings. The third kappa shape index (κ3) is 2.93. The average Bonchev–Trinajstić information content (AvgIpc) is 2.76. The van der Waals surface area contributed by atoms with Crippen molar-refractivity contribution in [1.29, 1.82) is 0 Å². The van der Waals surface area contributed by atoms with Crippen LogP contribution in [0.3, 0.4) is 0 Å². The van der Waals surface area contributed by atoms with Crippen LogP contribution in [0.4, 0.5) is 13.2 Å². The van der Waals surface area contributed by atoms with E-state index in [9.17, 15) is 18.0 Å². The Morgan fingerprint density at radius 2 is 1.73 bits per heavy atom. The van der Waals surface area contributed by atoms with Gasteiger partial charge in [0.25, 0.3) is 0 Å². The number of nitrogens with zero attached hydrogens (tertiary/aromatic N) is 1. The van der Waals surface area contributed by atoms with Gasteiger partial charge in [-0.05, 0) is 37.1 Å². The lowest BCUT2D eigenvalue weighted by Gasteiger charge is -2.25. The molecule has 1 spiro atoms. The van der Waals surface area contributed by atoms with Crippen LogP contribution in [0.2, 0.25) is 0 Å². The summed E-state index contributed by atoms with van der Waals surface area (Å²) in [6.07, 6.45) is -0.502. The number of alkyl halides is 3. The number of carbonyl (C=O) groups is 1. The summed E-state index contributed by atoms with van der Waals surface area (Å²) < 4.78 is 45.4. The molecule has 0 aromatic heterocycles. The van der Waals surface area contributed by atoms with Crippen molar-refractivity contribution in [3.05, 3.63) is 29.8 Å². The van der Waals surface area contributed by atoms with E-state index in [4.69, 9.17) is 4.74 Å². The Morgan fingerprint density at radius 3 is 2.32 bits per heavy atom. The zero-order valence-electron chi connectivity index (χ0n) is 11.7. The first-order valence-corrected chi connectivity index (χ1v) is 7.06. The molecular formula is C15H14F3NO3. The lowest BCUT2D eigenvalue weighted by atomic mass is 9.83. The van der Waals surface area contributed by atoms with E-state index in [1.165, 1.54) is 24.3 Å². The van der Waals surface area contributed by atoms with Crippen LogP contribution in [0.25, 0.3) is 0 Å². The summed E-state index contributed by atoms with van der Waals surface area (Å²) in [4.78, 5) is 16.5. The molecule has 1 heterocycles. The van der Waals surface area contributed by atoms with Crippen LogP contribution in [0.15, 0.2) is 29.3 Å². The van der Waals surface area contributed by atoms with Crippen LogP contribution in [0, 0.1) is 0 Å². The number of hydrogen-bond acceptors (Lipinski definition) is 4. The lowest BCUT2D eigenvalue weighted by Crippen LogP contribution is -2.35. The molecule has 2 aliphatic rings. The number of esters is 1. The van der Waals surface area contributed by atoms with Crippen molar-refractivity contribution in [3.63, 3.8) is 0 Å². The first-order valence-electron chi connectivity index (χ1n) is 7.06. The fraction of sp³-hybridized carbons (Fsp3) is 0.467. The van der Waals surface area contributed by atoms with Crippen molar-refractivity contribution < 1.29 is 27.4 Å². The second-order valence-electron chi connectivity index (χ2n) is 5.47. The Morgan fingerprint density at radius 1 is 1.09 bits per heavy atom. The first-order chi connectivity index (χ1) is 10.4. The second-order valence-corrected chi connectivity index (χ2v) is 5.47. The third-order valence-electron chi connectivity index (χ3n) is 3.90. The van der Waals surface area contributed by atoms with Crippen LogP contribution < -0.4 is 4.74 Å². The smallest absolute Gasteiger partial charge is 0.406 e. The molecule has 0 radical (unpaired) electrons. The van der Waals surface area contributed by atoms with Crippen molar-refractivity contribution in [1.82, 2.24) is 0 Å². The van der Waals surface area contributed by atoms with E-state index in [0.29, 0.717) is 18.4 Å². The van der Waals surface area contributed by atoms with Crippen LogP contribution >= 0.6 is 0 Å². The minimum absolute atomic E-state index is 0.172. The van der Waals surface area contributed by atoms with E-state index < -0.39 is 11.9 Å². The van der Waals surface area contributed by atoms with E-state index in [1.807, 2.05) is 0 Å². The van der Waals surface area contributed by atoms with Gasteiger partial charge in [0, 0.05) is 5.56 Å². The maximum atomic E-state index is 12.1. The Kier molecular flexibility index (Phi) is 3.58. The highest BCUT2D eigenvalue weighted by molar-refractivity contribution is 6.08. The molecule has 3 rings (SSSR count). The molecule has 0 N–H and O–H groups in total. The minimum atomic E-state index is -4.73. The van der Waals surface area contributed by atoms with Crippen molar-refractivity contribution in [2.24, 2.45) is 4.99 Å². The monoisotopic (exact) mass is 313 g/mol. The van der Waals surface area contributed by atoms with E-state index in [2.05, 4.69) is 9.73 Å². The summed E-state index contributed by atoms with van der Waals surface area (Å²) in [7, 11) is 0. The van der Waals surface area contributed by atoms with Crippen molar-refractivity contribution >= 4 is 11.9 Å². The van der Waals surface area contributed by atoms with Gasteiger partial charge in [-0.2, -0.15) is 0 Å². The molecule has 7 heteroatoms. The van der Waals surface area contributed by atoms with Crippen molar-refractivity contribution in [2.45, 2.75) is 44.0 Å². The van der Waals surface area contributed by atoms with Gasteiger partial charge in [0.15, 0.2) is 5.54 Å². The number of carbonyl (C=O) groups excluding carboxylic acids is 1. The fourth-order valence-electron chi connectivity index (χ4n) is 2.82. The van der Waals surface area contributed by atoms with Gasteiger partial charge in [-0.3, -0.25) is 0 Å². The highest BCUT2D eigenvalue weighted by Crippen LogP contribution is 2.37. The van der Waals surface area contributed by atoms with Crippen LogP contribution in [-0.4, -0.2) is 23.8 Å². The second kappa shape index (κ2) is 5.30. The molecular weight excluding hydrogens is 299 g/mol. The van der Waals surface area contributed by atoms with E-state index >= 15 is 0 Å². The fourth-order valence-corrected chi connectivity index (χ4v) is 2.82. The largest absolute Gasteiger partial charge is 0.573 e. The van der Waals surface area contributed by atoms with Gasteiger partial charge in [0.05, 0.1) is 0 Å². The zero-order valence-corrected chi connectivity index (χ0v) is 11.7. The van der Waals surface area contributed by atoms with Crippen molar-refractivity contribution in [2.75, 3.05) is 0 Å². The number of benzene rings is 1. The highest BCUT2D eigenvalue weighted by Gasteiger charge is 2.46. The predicted octanol–water partition coefficient (Wildman–Crippen LogP) is 3.59. The summed E-state index contributed by atoms with van der Waals surface area (Å²) in [5.41, 5.74) is -0.334. The standard InChI is InChI=1S/C15H14F3NO3/c16-15(17,18)22-11-6-4-10(5-7-11)12-19-14(13(20)21-12)8-2-1-3-9-14/h4-7H,1-3,8-9H2. The van der Waals surface area contributed by atoms with Crippen LogP contribution in [0.5, 0.6) is 5.75 Å². The maximum Gasteiger partial charge on any atom is 0.573 e. The van der Waals surface area contributed by atoms with Crippen molar-refractivity contribution in [3.8, 4) is 5.75 Å². The van der Waals surface area contributed by atoms with Gasteiger partial charge in [0.2, 0.25) is 5.90 Å². The summed E-state index contributed by atoms with van der Waals surface area (Å²) in [6.45, 7) is 0. The number of ether oxygens (including phenoxy) is 2. The molecule has 0 saturated heterocycles. The molecule has 118 valence electrons. The number of aliphatic imine (C=N–C) groups is 1. The Labute approximate surface area is 124 Å². The molecule has 1 aromatic carbocycles. The normalized spacial score (nSPS) is 20.7. The summed E-state index contributed by atoms with van der Waals surface area (Å²) in [5, 5.41) is 0. The molecule has 1 saturated carbocycles. The van der Waals surface area contributed by atoms with Gasteiger partial charge in [-0.25, -0.2) is 9.79 Å². The first kappa shape index (κ1) is 14.9. The summed E-state index contributed by atoms with van der Waals surface area (Å²) in [5.74, 6) is -0.517. The van der Waals surface area contributed by atoms with Gasteiger partial charge in [-0.1, -0.05) is 19.3 Å². The minimum Gasteiger partial charge on any atom is -0.406 e. The van der Waals surface area contributed by atoms with E-state index in [1.54, 1.807) is 0 Å². The van der Waals surface area contributed by atoms with E-state index in [0.717, 1.165) is 19.3 Å². The number of rotatable bonds is 2. The maximum absolute atomic E-state index is 12.1. The topological polar surface area (TPSA) is 47.9 Å². The summed E-state index contributed by atoms with van der Waals surface area (Å²) >= 11 is 0. The quantitative estimate of drug-likeness (QED) is 0.784. The Balaban J connectivity index is 1.80. The number of hydrogen-bond donors (Lipinski definition) is 0. The van der Waals surface area contributed by atoms with Gasteiger partial charge < -0.3 is 9.47 Å². The molecule has 0 atom stereocenters. The Bertz CT molecular complexity index is 601. The number of cyclic esters (lactones) is 1. The lowest BCUT2D eigenvalue weighted by molar-refractivity contribution is -0.274. The molecule has 1 aliphatic heterocycles. The molecule has 1 fully saturated rings. The van der Waals surface area contributed by atoms with Gasteiger partial charge >= 0.3 is 12.3 Å².